The molecule has 10 heterocycles. The third kappa shape index (κ3) is 10.5. The number of fused-ring (bicyclic) bond motifs is 12. The van der Waals surface area contributed by atoms with Gasteiger partial charge in [0, 0.05) is 72.5 Å². The fraction of sp³-hybridized carbons (Fsp3) is 0.560. The molecule has 19 aliphatic rings. The molecule has 3 aromatic carbocycles. The molecule has 22 rings (SSSR count). The van der Waals surface area contributed by atoms with Crippen molar-refractivity contribution < 1.29 is 62.7 Å². The van der Waals surface area contributed by atoms with Crippen molar-refractivity contribution in [2.24, 2.45) is 142 Å². The van der Waals surface area contributed by atoms with Crippen molar-refractivity contribution in [1.82, 2.24) is 16.0 Å². The number of nitrogens with one attached hydrogen (secondary N) is 3. The summed E-state index contributed by atoms with van der Waals surface area (Å²) in [6, 6.07) is 23.5. The van der Waals surface area contributed by atoms with Gasteiger partial charge in [-0.3, -0.25) is 38.9 Å². The highest BCUT2D eigenvalue weighted by Crippen LogP contribution is 2.63. The average Bonchev–Trinajstić information content (AvgIpc) is 1.50. The lowest BCUT2D eigenvalue weighted by molar-refractivity contribution is -0.144. The van der Waals surface area contributed by atoms with Gasteiger partial charge in [-0.2, -0.15) is 0 Å². The molecule has 524 valence electrons. The molecule has 3 aromatic rings. The van der Waals surface area contributed by atoms with Crippen LogP contribution in [0.5, 0.6) is 17.2 Å². The Morgan fingerprint density at radius 1 is 0.480 bits per heavy atom. The lowest BCUT2D eigenvalue weighted by Gasteiger charge is -2.39. The smallest absolute Gasteiger partial charge is 0.265 e. The van der Waals surface area contributed by atoms with Crippen LogP contribution in [0, 0.1) is 142 Å². The number of carbonyl (C=O) groups excluding carboxylic acids is 7. The van der Waals surface area contributed by atoms with Crippen LogP contribution in [0.25, 0.3) is 0 Å². The Balaban J connectivity index is 0.000000112. The molecule has 0 aromatic heterocycles. The van der Waals surface area contributed by atoms with Crippen molar-refractivity contribution in [2.45, 2.75) is 146 Å². The van der Waals surface area contributed by atoms with Gasteiger partial charge < -0.3 is 39.8 Å². The summed E-state index contributed by atoms with van der Waals surface area (Å²) in [6.07, 6.45) is 28.8. The monoisotopic (exact) mass is 1350 g/mol. The minimum Gasteiger partial charge on any atom is -0.490 e. The number of epoxide rings is 1. The summed E-state index contributed by atoms with van der Waals surface area (Å²) in [7, 11) is 0. The van der Waals surface area contributed by atoms with Gasteiger partial charge in [0.1, 0.15) is 58.9 Å². The fourth-order valence-corrected chi connectivity index (χ4v) is 23.6. The van der Waals surface area contributed by atoms with Crippen molar-refractivity contribution >= 4 is 41.0 Å². The zero-order chi connectivity index (χ0) is 69.2. The minimum absolute atomic E-state index is 0.00715. The van der Waals surface area contributed by atoms with E-state index in [4.69, 9.17) is 18.9 Å². The van der Waals surface area contributed by atoms with Gasteiger partial charge >= 0.3 is 0 Å². The van der Waals surface area contributed by atoms with Gasteiger partial charge in [-0.1, -0.05) is 131 Å². The van der Waals surface area contributed by atoms with E-state index in [1.165, 1.54) is 12.8 Å². The quantitative estimate of drug-likeness (QED) is 0.0711. The molecule has 4 saturated heterocycles. The predicted molar refractivity (Wildman–Crippen MR) is 371 cm³/mol. The van der Waals surface area contributed by atoms with E-state index in [1.807, 2.05) is 91.0 Å². The Morgan fingerprint density at radius 3 is 1.37 bits per heavy atom. The maximum absolute atomic E-state index is 14.3. The van der Waals surface area contributed by atoms with Crippen molar-refractivity contribution in [1.29, 1.82) is 0 Å². The number of morpholine rings is 1. The number of rotatable bonds is 3. The number of carbonyl (C=O) groups is 7. The van der Waals surface area contributed by atoms with E-state index in [0.717, 1.165) is 78.9 Å². The van der Waals surface area contributed by atoms with Crippen molar-refractivity contribution in [3.8, 4) is 17.2 Å². The standard InChI is InChI=1S/C28H31NO5.C28H33NO4.C28H31NO4/c1-3-16-7-11-18-20-12-14(2)4-10-19(20)23-22(18)21(16)24(30)28-25(34-28)27(32,29-26(28)31)13-15-5-8-17(33-23)9-6-15;1-3-17-7-11-19-21-12-15(2)4-10-20(21)26-24(19)23(17)25(30)22-14-28(32,29-27(22)31)13-16-5-8-18(33-26)9-6-16;1-3-16-7-11-18-20-12-14(2)4-10-19(20)26-23(18)22(16)25(30)24-21(27(31)29-28(24)32)13-15-5-8-17(33-26)9-6-15/h3,5-9,11,14,16,18-23,25,32H,1,4,10,12-13H2,2H3,(H,29,31);3,5-9,11,15,17,19-24,26,32H,1,4,10,12-14H2,2H3,(H,29,31);3,5-9,11,14,16,18-24,26H,1,4,10,12-13H2,2H3,(H,29,31,32)/t14-,16+,18+,19-,20+,21+,22+,23+,25+,27-,28+;15-,17+,19+,20-,21+,22+,23+,24+,26+,28-;14-,16+,18+,19-,20+,21+,22+,23+,24-,26+/m111/s1. The maximum atomic E-state index is 14.3. The first-order valence-electron chi connectivity index (χ1n) is 37.6. The topological polar surface area (TPSA) is 236 Å². The van der Waals surface area contributed by atoms with Crippen LogP contribution in [0.2, 0.25) is 0 Å². The summed E-state index contributed by atoms with van der Waals surface area (Å²) in [6.45, 7) is 19.1. The van der Waals surface area contributed by atoms with Crippen LogP contribution < -0.4 is 30.2 Å². The molecule has 10 bridgehead atoms. The van der Waals surface area contributed by atoms with E-state index in [9.17, 15) is 43.8 Å². The number of benzene rings is 3. The summed E-state index contributed by atoms with van der Waals surface area (Å²) in [5.41, 5.74) is -1.92. The molecule has 0 radical (unpaired) electrons. The molecule has 5 N–H and O–H groups in total. The van der Waals surface area contributed by atoms with Crippen LogP contribution in [-0.4, -0.2) is 92.7 Å². The molecular formula is C84H95N3O13. The third-order valence-electron chi connectivity index (χ3n) is 28.0. The Bertz CT molecular complexity index is 3970. The lowest BCUT2D eigenvalue weighted by Crippen LogP contribution is -2.51. The van der Waals surface area contributed by atoms with E-state index in [-0.39, 0.29) is 126 Å². The molecule has 4 amide bonds. The first-order chi connectivity index (χ1) is 48.2. The lowest BCUT2D eigenvalue weighted by atomic mass is 9.64. The summed E-state index contributed by atoms with van der Waals surface area (Å²) in [4.78, 5) is 94.4. The third-order valence-corrected chi connectivity index (χ3v) is 28.0. The number of hydrogen-bond donors (Lipinski definition) is 5. The van der Waals surface area contributed by atoms with Crippen LogP contribution in [0.3, 0.4) is 0 Å². The van der Waals surface area contributed by atoms with Crippen molar-refractivity contribution in [3.63, 3.8) is 0 Å². The van der Waals surface area contributed by atoms with Crippen LogP contribution in [0.1, 0.15) is 102 Å². The second kappa shape index (κ2) is 24.6. The van der Waals surface area contributed by atoms with E-state index >= 15 is 0 Å². The van der Waals surface area contributed by atoms with Crippen LogP contribution in [-0.2, 0) is 57.6 Å². The molecule has 31 atom stereocenters. The van der Waals surface area contributed by atoms with Gasteiger partial charge in [-0.25, -0.2) is 0 Å². The molecule has 0 spiro atoms. The van der Waals surface area contributed by atoms with E-state index in [2.05, 4.69) is 92.9 Å². The highest BCUT2D eigenvalue weighted by atomic mass is 16.6. The van der Waals surface area contributed by atoms with Crippen LogP contribution in [0.15, 0.2) is 147 Å². The van der Waals surface area contributed by atoms with Crippen molar-refractivity contribution in [3.05, 3.63) is 164 Å². The molecular weight excluding hydrogens is 1260 g/mol. The number of Topliss-reactive ketones (excluding diaryl/α,β-unsaturated/α-hetero) is 3. The highest BCUT2D eigenvalue weighted by Gasteiger charge is 2.82. The molecule has 0 unspecified atom stereocenters. The van der Waals surface area contributed by atoms with E-state index in [0.29, 0.717) is 59.7 Å². The Kier molecular flexibility index (Phi) is 16.2. The first-order valence-corrected chi connectivity index (χ1v) is 37.6. The number of ketones is 3. The van der Waals surface area contributed by atoms with Gasteiger partial charge in [-0.05, 0) is 169 Å². The fourth-order valence-electron chi connectivity index (χ4n) is 23.6. The summed E-state index contributed by atoms with van der Waals surface area (Å²) in [5, 5.41) is 30.4. The van der Waals surface area contributed by atoms with E-state index in [1.54, 1.807) is 0 Å². The molecule has 100 heavy (non-hydrogen) atoms. The number of hydrogen-bond acceptors (Lipinski definition) is 13. The van der Waals surface area contributed by atoms with Crippen LogP contribution in [0.4, 0.5) is 0 Å². The Hall–Kier alpha value is -7.53. The second-order valence-electron chi connectivity index (χ2n) is 33.6. The van der Waals surface area contributed by atoms with Crippen LogP contribution >= 0.6 is 0 Å². The number of imide groups is 1. The minimum atomic E-state index is -1.62. The second-order valence-corrected chi connectivity index (χ2v) is 33.6. The normalized spacial score (nSPS) is 46.4. The number of amides is 4. The Labute approximate surface area is 585 Å². The summed E-state index contributed by atoms with van der Waals surface area (Å²) in [5.74, 6) is 1.41. The maximum Gasteiger partial charge on any atom is 0.265 e. The molecule has 16 heteroatoms. The van der Waals surface area contributed by atoms with Gasteiger partial charge in [0.15, 0.2) is 23.4 Å². The number of ether oxygens (including phenoxy) is 4. The SMILES string of the molecule is C=C[C@H]1C=C[C@H]2[C@@H]3C[C@H](C)CC[C@H]3[C@@H]3Oc4ccc(cc4)C[C@@H]4C(=O)NC(=O)[C@H]4C(=O)[C@@H]1[C@H]23.C=C[C@H]1C=C[C@H]2[C@@H]3C[C@H](C)CC[C@H]3[C@@H]3Oc4ccc(cc4)C[C@@]4(O)C[C@H](C(=O)N4)C(=O)[C@@H]1[C@H]23.C=C[C@H]1C=C[C@H]2[C@@H]3C[C@H](C)CC[C@H]3[C@@H]3Oc4ccc(cc4)C[C@]4(O)NC(=O)[C@]5(O[C@H]54)C(=O)[C@@H]1[C@H]23. The van der Waals surface area contributed by atoms with Gasteiger partial charge in [0.05, 0.1) is 5.92 Å². The summed E-state index contributed by atoms with van der Waals surface area (Å²) < 4.78 is 26.1. The zero-order valence-electron chi connectivity index (χ0n) is 57.5. The number of allylic oxidation sites excluding steroid dienone is 9. The van der Waals surface area contributed by atoms with E-state index < -0.39 is 64.6 Å². The highest BCUT2D eigenvalue weighted by molar-refractivity contribution is 6.17. The molecule has 9 aliphatic carbocycles. The summed E-state index contributed by atoms with van der Waals surface area (Å²) >= 11 is 0. The largest absolute Gasteiger partial charge is 0.490 e. The molecule has 16 nitrogen and oxygen atoms in total. The average molecular weight is 1350 g/mol. The zero-order valence-corrected chi connectivity index (χ0v) is 57.5. The molecule has 6 saturated carbocycles. The molecule has 10 aliphatic heterocycles. The van der Waals surface area contributed by atoms with Crippen molar-refractivity contribution in [2.75, 3.05) is 0 Å². The first kappa shape index (κ1) is 65.8. The predicted octanol–water partition coefficient (Wildman–Crippen LogP) is 10.2. The van der Waals surface area contributed by atoms with Gasteiger partial charge in [-0.15, -0.1) is 19.7 Å². The number of aliphatic hydroxyl groups is 2. The molecule has 10 fully saturated rings. The van der Waals surface area contributed by atoms with Gasteiger partial charge in [0.25, 0.3) is 5.91 Å². The van der Waals surface area contributed by atoms with Gasteiger partial charge in [0.2, 0.25) is 23.3 Å². The Morgan fingerprint density at radius 2 is 0.910 bits per heavy atom.